The van der Waals surface area contributed by atoms with Crippen LogP contribution in [0.3, 0.4) is 0 Å². The van der Waals surface area contributed by atoms with Gasteiger partial charge in [0.05, 0.1) is 6.20 Å². The van der Waals surface area contributed by atoms with E-state index >= 15 is 0 Å². The third-order valence-corrected chi connectivity index (χ3v) is 3.64. The number of aryl methyl sites for hydroxylation is 1. The van der Waals surface area contributed by atoms with E-state index in [4.69, 9.17) is 0 Å². The van der Waals surface area contributed by atoms with Gasteiger partial charge in [0.25, 0.3) is 0 Å². The average Bonchev–Trinajstić information content (AvgIpc) is 2.61. The summed E-state index contributed by atoms with van der Waals surface area (Å²) < 4.78 is 1.91. The second-order valence-electron chi connectivity index (χ2n) is 5.15. The Hall–Kier alpha value is -1.36. The van der Waals surface area contributed by atoms with Crippen LogP contribution in [0.15, 0.2) is 6.20 Å². The van der Waals surface area contributed by atoms with Gasteiger partial charge >= 0.3 is 0 Å². The zero-order chi connectivity index (χ0) is 13.1. The van der Waals surface area contributed by atoms with Crippen LogP contribution in [0.1, 0.15) is 31.0 Å². The minimum Gasteiger partial charge on any atom is -0.352 e. The molecule has 1 atom stereocenters. The molecule has 1 N–H and O–H groups in total. The van der Waals surface area contributed by atoms with Crippen molar-refractivity contribution in [3.8, 4) is 0 Å². The molecule has 1 aliphatic rings. The lowest BCUT2D eigenvalue weighted by molar-refractivity contribution is -0.120. The molecule has 0 unspecified atom stereocenters. The van der Waals surface area contributed by atoms with Crippen molar-refractivity contribution in [1.29, 1.82) is 0 Å². The highest BCUT2D eigenvalue weighted by Gasteiger charge is 2.21. The number of rotatable bonds is 3. The molecule has 18 heavy (non-hydrogen) atoms. The summed E-state index contributed by atoms with van der Waals surface area (Å²) in [5, 5.41) is 7.29. The zero-order valence-corrected chi connectivity index (χ0v) is 11.4. The van der Waals surface area contributed by atoms with Crippen molar-refractivity contribution in [2.45, 2.75) is 39.3 Å². The van der Waals surface area contributed by atoms with Crippen LogP contribution in [0.25, 0.3) is 0 Å². The van der Waals surface area contributed by atoms with Crippen molar-refractivity contribution >= 4 is 5.91 Å². The minimum atomic E-state index is 0.0689. The van der Waals surface area contributed by atoms with Gasteiger partial charge in [-0.1, -0.05) is 0 Å². The Labute approximate surface area is 108 Å². The van der Waals surface area contributed by atoms with Crippen molar-refractivity contribution in [1.82, 2.24) is 20.0 Å². The van der Waals surface area contributed by atoms with Crippen LogP contribution in [-0.2, 0) is 18.4 Å². The molecule has 100 valence electrons. The highest BCUT2D eigenvalue weighted by Crippen LogP contribution is 2.15. The van der Waals surface area contributed by atoms with Crippen molar-refractivity contribution in [3.63, 3.8) is 0 Å². The summed E-state index contributed by atoms with van der Waals surface area (Å²) in [6.45, 7) is 6.65. The van der Waals surface area contributed by atoms with Crippen LogP contribution in [-0.4, -0.2) is 39.7 Å². The lowest BCUT2D eigenvalue weighted by atomic mass is 10.0. The van der Waals surface area contributed by atoms with Crippen LogP contribution >= 0.6 is 0 Å². The van der Waals surface area contributed by atoms with E-state index in [2.05, 4.69) is 22.2 Å². The molecule has 0 radical (unpaired) electrons. The van der Waals surface area contributed by atoms with E-state index in [0.29, 0.717) is 6.04 Å². The van der Waals surface area contributed by atoms with Gasteiger partial charge in [0, 0.05) is 44.4 Å². The van der Waals surface area contributed by atoms with Gasteiger partial charge in [0.1, 0.15) is 0 Å². The fraction of sp³-hybridized carbons (Fsp3) is 0.692. The van der Waals surface area contributed by atoms with Crippen molar-refractivity contribution in [2.75, 3.05) is 13.1 Å². The molecule has 1 aromatic heterocycles. The molecule has 1 saturated heterocycles. The van der Waals surface area contributed by atoms with Gasteiger partial charge < -0.3 is 5.32 Å². The molecule has 0 aromatic carbocycles. The molecule has 1 amide bonds. The quantitative estimate of drug-likeness (QED) is 0.864. The summed E-state index contributed by atoms with van der Waals surface area (Å²) in [7, 11) is 1.97. The number of piperidine rings is 1. The molecule has 2 rings (SSSR count). The van der Waals surface area contributed by atoms with Crippen molar-refractivity contribution < 1.29 is 4.79 Å². The molecule has 2 heterocycles. The fourth-order valence-electron chi connectivity index (χ4n) is 2.54. The number of hydrogen-bond acceptors (Lipinski definition) is 3. The van der Waals surface area contributed by atoms with Gasteiger partial charge in [-0.15, -0.1) is 0 Å². The summed E-state index contributed by atoms with van der Waals surface area (Å²) >= 11 is 0. The molecule has 5 heteroatoms. The lowest BCUT2D eigenvalue weighted by Crippen LogP contribution is -2.46. The molecule has 1 fully saturated rings. The Morgan fingerprint density at radius 3 is 3.00 bits per heavy atom. The molecule has 0 saturated carbocycles. The molecule has 1 aliphatic heterocycles. The second kappa shape index (κ2) is 5.52. The van der Waals surface area contributed by atoms with Crippen LogP contribution in [0, 0.1) is 6.92 Å². The predicted octanol–water partition coefficient (Wildman–Crippen LogP) is 0.829. The number of nitrogens with zero attached hydrogens (tertiary/aromatic N) is 3. The first-order chi connectivity index (χ1) is 8.56. The van der Waals surface area contributed by atoms with E-state index < -0.39 is 0 Å². The summed E-state index contributed by atoms with van der Waals surface area (Å²) in [6, 6.07) is 0.299. The number of hydrogen-bond donors (Lipinski definition) is 1. The Morgan fingerprint density at radius 2 is 2.39 bits per heavy atom. The van der Waals surface area contributed by atoms with Crippen molar-refractivity contribution in [3.05, 3.63) is 17.5 Å². The third-order valence-electron chi connectivity index (χ3n) is 3.64. The number of aromatic nitrogens is 2. The summed E-state index contributed by atoms with van der Waals surface area (Å²) in [4.78, 5) is 13.5. The zero-order valence-electron chi connectivity index (χ0n) is 11.4. The smallest absolute Gasteiger partial charge is 0.217 e. The topological polar surface area (TPSA) is 50.2 Å². The normalized spacial score (nSPS) is 20.9. The maximum atomic E-state index is 11.1. The Morgan fingerprint density at radius 1 is 1.61 bits per heavy atom. The van der Waals surface area contributed by atoms with E-state index in [1.165, 1.54) is 11.3 Å². The maximum Gasteiger partial charge on any atom is 0.217 e. The van der Waals surface area contributed by atoms with Crippen LogP contribution < -0.4 is 5.32 Å². The van der Waals surface area contributed by atoms with Gasteiger partial charge in [-0.2, -0.15) is 5.10 Å². The molecule has 1 aromatic rings. The standard InChI is InChI=1S/C13H22N4O/c1-10-12(7-14-16(10)3)8-17-6-4-5-13(9-17)15-11(2)18/h7,13H,4-6,8-9H2,1-3H3,(H,15,18)/t13-/m0/s1. The number of carbonyl (C=O) groups is 1. The highest BCUT2D eigenvalue weighted by atomic mass is 16.1. The molecule has 5 nitrogen and oxygen atoms in total. The summed E-state index contributed by atoms with van der Waals surface area (Å²) in [5.41, 5.74) is 2.50. The number of amides is 1. The Bertz CT molecular complexity index is 427. The van der Waals surface area contributed by atoms with Crippen LogP contribution in [0.4, 0.5) is 0 Å². The van der Waals surface area contributed by atoms with Crippen LogP contribution in [0.5, 0.6) is 0 Å². The highest BCUT2D eigenvalue weighted by molar-refractivity contribution is 5.73. The van der Waals surface area contributed by atoms with E-state index in [1.807, 2.05) is 17.9 Å². The summed E-state index contributed by atoms with van der Waals surface area (Å²) in [5.74, 6) is 0.0689. The predicted molar refractivity (Wildman–Crippen MR) is 70.1 cm³/mol. The van der Waals surface area contributed by atoms with Gasteiger partial charge in [-0.25, -0.2) is 0 Å². The first-order valence-corrected chi connectivity index (χ1v) is 6.53. The lowest BCUT2D eigenvalue weighted by Gasteiger charge is -2.32. The third kappa shape index (κ3) is 3.10. The Balaban J connectivity index is 1.93. The maximum absolute atomic E-state index is 11.1. The van der Waals surface area contributed by atoms with E-state index in [9.17, 15) is 4.79 Å². The van der Waals surface area contributed by atoms with Crippen molar-refractivity contribution in [2.24, 2.45) is 7.05 Å². The van der Waals surface area contributed by atoms with E-state index in [-0.39, 0.29) is 5.91 Å². The molecular formula is C13H22N4O. The molecule has 0 bridgehead atoms. The SMILES string of the molecule is CC(=O)N[C@H]1CCCN(Cc2cnn(C)c2C)C1. The fourth-order valence-corrected chi connectivity index (χ4v) is 2.54. The number of carbonyl (C=O) groups excluding carboxylic acids is 1. The largest absolute Gasteiger partial charge is 0.352 e. The average molecular weight is 250 g/mol. The number of nitrogens with one attached hydrogen (secondary N) is 1. The van der Waals surface area contributed by atoms with E-state index in [0.717, 1.165) is 32.5 Å². The monoisotopic (exact) mass is 250 g/mol. The summed E-state index contributed by atoms with van der Waals surface area (Å²) in [6.07, 6.45) is 4.17. The second-order valence-corrected chi connectivity index (χ2v) is 5.15. The first-order valence-electron chi connectivity index (χ1n) is 6.53. The van der Waals surface area contributed by atoms with Gasteiger partial charge in [0.15, 0.2) is 0 Å². The van der Waals surface area contributed by atoms with Gasteiger partial charge in [-0.05, 0) is 26.3 Å². The molecule has 0 aliphatic carbocycles. The van der Waals surface area contributed by atoms with E-state index in [1.54, 1.807) is 6.92 Å². The first kappa shape index (κ1) is 13.1. The minimum absolute atomic E-state index is 0.0689. The number of likely N-dealkylation sites (tertiary alicyclic amines) is 1. The van der Waals surface area contributed by atoms with Gasteiger partial charge in [0.2, 0.25) is 5.91 Å². The Kier molecular flexibility index (Phi) is 4.01. The van der Waals surface area contributed by atoms with Gasteiger partial charge in [-0.3, -0.25) is 14.4 Å². The molecule has 0 spiro atoms. The molecular weight excluding hydrogens is 228 g/mol. The van der Waals surface area contributed by atoms with Crippen LogP contribution in [0.2, 0.25) is 0 Å².